The lowest BCUT2D eigenvalue weighted by molar-refractivity contribution is -0.115. The van der Waals surface area contributed by atoms with Crippen LogP contribution >= 0.6 is 22.9 Å². The van der Waals surface area contributed by atoms with Gasteiger partial charge in [0.25, 0.3) is 5.91 Å². The quantitative estimate of drug-likeness (QED) is 0.847. The van der Waals surface area contributed by atoms with Crippen LogP contribution < -0.4 is 10.6 Å². The van der Waals surface area contributed by atoms with Crippen LogP contribution in [0.4, 0.5) is 5.13 Å². The molecule has 2 N–H and O–H groups in total. The Bertz CT molecular complexity index is 674. The number of anilines is 1. The zero-order valence-electron chi connectivity index (χ0n) is 11.9. The van der Waals surface area contributed by atoms with Gasteiger partial charge in [-0.2, -0.15) is 0 Å². The summed E-state index contributed by atoms with van der Waals surface area (Å²) in [4.78, 5) is 23.7. The van der Waals surface area contributed by atoms with Crippen molar-refractivity contribution >= 4 is 39.9 Å². The number of amides is 2. The first kappa shape index (κ1) is 16.4. The molecule has 0 aliphatic heterocycles. The summed E-state index contributed by atoms with van der Waals surface area (Å²) in [5.41, 5.74) is 0.332. The Labute approximate surface area is 136 Å². The fourth-order valence-electron chi connectivity index (χ4n) is 1.68. The van der Waals surface area contributed by atoms with Crippen molar-refractivity contribution in [2.24, 2.45) is 0 Å². The van der Waals surface area contributed by atoms with Gasteiger partial charge < -0.3 is 5.32 Å². The first-order valence-corrected chi connectivity index (χ1v) is 7.94. The maximum absolute atomic E-state index is 11.9. The summed E-state index contributed by atoms with van der Waals surface area (Å²) in [6.07, 6.45) is 1.80. The van der Waals surface area contributed by atoms with Crippen LogP contribution in [0, 0.1) is 0 Å². The van der Waals surface area contributed by atoms with Gasteiger partial charge in [0.2, 0.25) is 11.0 Å². The molecule has 116 valence electrons. The van der Waals surface area contributed by atoms with Crippen molar-refractivity contribution < 1.29 is 9.59 Å². The van der Waals surface area contributed by atoms with E-state index in [1.807, 2.05) is 6.92 Å². The van der Waals surface area contributed by atoms with Crippen molar-refractivity contribution in [3.05, 3.63) is 39.9 Å². The lowest BCUT2D eigenvalue weighted by atomic mass is 10.2. The first-order valence-electron chi connectivity index (χ1n) is 6.75. The van der Waals surface area contributed by atoms with Gasteiger partial charge in [-0.3, -0.25) is 14.9 Å². The second kappa shape index (κ2) is 7.86. The largest absolute Gasteiger partial charge is 0.343 e. The number of carbonyl (C=O) groups is 2. The summed E-state index contributed by atoms with van der Waals surface area (Å²) in [5.74, 6) is -0.760. The number of carbonyl (C=O) groups excluding carboxylic acids is 2. The molecular weight excluding hydrogens is 324 g/mol. The lowest BCUT2D eigenvalue weighted by Gasteiger charge is -2.06. The molecule has 0 atom stereocenters. The third-order valence-corrected chi connectivity index (χ3v) is 3.93. The van der Waals surface area contributed by atoms with Crippen molar-refractivity contribution in [1.82, 2.24) is 15.5 Å². The zero-order valence-corrected chi connectivity index (χ0v) is 13.5. The fraction of sp³-hybridized carbons (Fsp3) is 0.286. The summed E-state index contributed by atoms with van der Waals surface area (Å²) < 4.78 is 0. The molecule has 0 saturated heterocycles. The highest BCUT2D eigenvalue weighted by molar-refractivity contribution is 7.15. The van der Waals surface area contributed by atoms with Crippen molar-refractivity contribution in [2.75, 3.05) is 11.9 Å². The highest BCUT2D eigenvalue weighted by Crippen LogP contribution is 2.16. The molecule has 1 heterocycles. The van der Waals surface area contributed by atoms with E-state index < -0.39 is 5.91 Å². The van der Waals surface area contributed by atoms with Gasteiger partial charge >= 0.3 is 0 Å². The van der Waals surface area contributed by atoms with E-state index in [2.05, 4.69) is 20.8 Å². The average molecular weight is 339 g/mol. The highest BCUT2D eigenvalue weighted by atomic mass is 35.5. The van der Waals surface area contributed by atoms with Crippen molar-refractivity contribution in [2.45, 2.75) is 19.8 Å². The van der Waals surface area contributed by atoms with Crippen LogP contribution in [0.25, 0.3) is 0 Å². The predicted octanol–water partition coefficient (Wildman–Crippen LogP) is 2.51. The normalized spacial score (nSPS) is 10.3. The van der Waals surface area contributed by atoms with E-state index in [1.54, 1.807) is 24.3 Å². The smallest absolute Gasteiger partial charge is 0.253 e. The molecule has 0 saturated carbocycles. The van der Waals surface area contributed by atoms with Gasteiger partial charge in [-0.15, -0.1) is 10.2 Å². The molecule has 8 heteroatoms. The molecule has 22 heavy (non-hydrogen) atoms. The van der Waals surface area contributed by atoms with Gasteiger partial charge in [0.1, 0.15) is 5.01 Å². The molecule has 0 radical (unpaired) electrons. The minimum Gasteiger partial charge on any atom is -0.343 e. The van der Waals surface area contributed by atoms with Gasteiger partial charge in [-0.25, -0.2) is 0 Å². The Morgan fingerprint density at radius 2 is 2.05 bits per heavy atom. The van der Waals surface area contributed by atoms with Crippen molar-refractivity contribution in [3.63, 3.8) is 0 Å². The third-order valence-electron chi connectivity index (χ3n) is 2.71. The Morgan fingerprint density at radius 3 is 2.77 bits per heavy atom. The molecular formula is C14H15ClN4O2S. The summed E-state index contributed by atoms with van der Waals surface area (Å²) in [6, 6.07) is 6.65. The highest BCUT2D eigenvalue weighted by Gasteiger charge is 2.12. The molecule has 1 aromatic carbocycles. The van der Waals surface area contributed by atoms with E-state index in [4.69, 9.17) is 11.6 Å². The molecule has 2 amide bonds. The molecule has 0 aliphatic rings. The van der Waals surface area contributed by atoms with Crippen LogP contribution in [0.5, 0.6) is 0 Å². The van der Waals surface area contributed by atoms with Crippen LogP contribution in [0.2, 0.25) is 5.02 Å². The summed E-state index contributed by atoms with van der Waals surface area (Å²) in [5, 5.41) is 14.6. The third kappa shape index (κ3) is 4.51. The Kier molecular flexibility index (Phi) is 5.85. The topological polar surface area (TPSA) is 84.0 Å². The van der Waals surface area contributed by atoms with Crippen LogP contribution in [0.15, 0.2) is 24.3 Å². The number of nitrogens with zero attached hydrogens (tertiary/aromatic N) is 2. The second-order valence-electron chi connectivity index (χ2n) is 4.46. The van der Waals surface area contributed by atoms with Crippen LogP contribution in [0.3, 0.4) is 0 Å². The Morgan fingerprint density at radius 1 is 1.27 bits per heavy atom. The van der Waals surface area contributed by atoms with Gasteiger partial charge in [0.15, 0.2) is 0 Å². The predicted molar refractivity (Wildman–Crippen MR) is 86.3 cm³/mol. The van der Waals surface area contributed by atoms with E-state index in [1.165, 1.54) is 11.3 Å². The van der Waals surface area contributed by atoms with Crippen LogP contribution in [-0.4, -0.2) is 28.6 Å². The number of rotatable bonds is 6. The van der Waals surface area contributed by atoms with Crippen molar-refractivity contribution in [1.29, 1.82) is 0 Å². The maximum Gasteiger partial charge on any atom is 0.253 e. The number of hydrogen-bond acceptors (Lipinski definition) is 5. The second-order valence-corrected chi connectivity index (χ2v) is 5.93. The summed E-state index contributed by atoms with van der Waals surface area (Å²) in [7, 11) is 0. The number of hydrogen-bond donors (Lipinski definition) is 2. The van der Waals surface area contributed by atoms with Crippen LogP contribution in [0.1, 0.15) is 28.7 Å². The van der Waals surface area contributed by atoms with E-state index in [-0.39, 0.29) is 12.5 Å². The molecule has 2 aromatic rings. The minimum absolute atomic E-state index is 0.160. The Hall–Kier alpha value is -1.99. The fourth-order valence-corrected chi connectivity index (χ4v) is 2.76. The number of aromatic nitrogens is 2. The van der Waals surface area contributed by atoms with Gasteiger partial charge in [-0.05, 0) is 18.6 Å². The maximum atomic E-state index is 11.9. The molecule has 0 bridgehead atoms. The van der Waals surface area contributed by atoms with Crippen LogP contribution in [-0.2, 0) is 11.2 Å². The van der Waals surface area contributed by atoms with Gasteiger partial charge in [-0.1, -0.05) is 42.0 Å². The molecule has 1 aromatic heterocycles. The average Bonchev–Trinajstić information content (AvgIpc) is 2.93. The molecule has 0 aliphatic carbocycles. The minimum atomic E-state index is -0.398. The number of halogens is 1. The SMILES string of the molecule is CCCc1nnc(NC(=O)CNC(=O)c2ccccc2Cl)s1. The summed E-state index contributed by atoms with van der Waals surface area (Å²) >= 11 is 7.25. The van der Waals surface area contributed by atoms with E-state index in [0.717, 1.165) is 17.8 Å². The van der Waals surface area contributed by atoms with E-state index in [0.29, 0.717) is 15.7 Å². The Balaban J connectivity index is 1.84. The zero-order chi connectivity index (χ0) is 15.9. The molecule has 0 unspecified atom stereocenters. The molecule has 2 rings (SSSR count). The first-order chi connectivity index (χ1) is 10.6. The van der Waals surface area contributed by atoms with Crippen molar-refractivity contribution in [3.8, 4) is 0 Å². The molecule has 0 fully saturated rings. The summed E-state index contributed by atoms with van der Waals surface area (Å²) in [6.45, 7) is 1.89. The number of benzene rings is 1. The number of nitrogens with one attached hydrogen (secondary N) is 2. The molecule has 6 nitrogen and oxygen atoms in total. The standard InChI is InChI=1S/C14H15ClN4O2S/c1-2-5-12-18-19-14(22-12)17-11(20)8-16-13(21)9-6-3-4-7-10(9)15/h3-4,6-7H,2,5,8H2,1H3,(H,16,21)(H,17,19,20). The molecule has 0 spiro atoms. The van der Waals surface area contributed by atoms with E-state index >= 15 is 0 Å². The lowest BCUT2D eigenvalue weighted by Crippen LogP contribution is -2.32. The monoisotopic (exact) mass is 338 g/mol. The number of aryl methyl sites for hydroxylation is 1. The van der Waals surface area contributed by atoms with E-state index in [9.17, 15) is 9.59 Å². The van der Waals surface area contributed by atoms with Gasteiger partial charge in [0, 0.05) is 6.42 Å². The van der Waals surface area contributed by atoms with Gasteiger partial charge in [0.05, 0.1) is 17.1 Å².